The van der Waals surface area contributed by atoms with Gasteiger partial charge in [0.25, 0.3) is 0 Å². The fourth-order valence-corrected chi connectivity index (χ4v) is 11.1. The van der Waals surface area contributed by atoms with Crippen LogP contribution in [-0.4, -0.2) is 111 Å². The van der Waals surface area contributed by atoms with E-state index in [9.17, 15) is 26.4 Å². The Morgan fingerprint density at radius 1 is 0.457 bits per heavy atom. The van der Waals surface area contributed by atoms with E-state index in [0.29, 0.717) is 64.4 Å². The number of hydrogen-bond donors (Lipinski definition) is 0. The molecule has 10 nitrogen and oxygen atoms in total. The number of ketones is 2. The topological polar surface area (TPSA) is 115 Å². The Bertz CT molecular complexity index is 1590. The predicted molar refractivity (Wildman–Crippen MR) is 174 cm³/mol. The van der Waals surface area contributed by atoms with E-state index in [4.69, 9.17) is 0 Å². The third-order valence-electron chi connectivity index (χ3n) is 11.0. The zero-order chi connectivity index (χ0) is 32.1. The second-order valence-corrected chi connectivity index (χ2v) is 17.4. The Morgan fingerprint density at radius 2 is 0.804 bits per heavy atom. The van der Waals surface area contributed by atoms with Gasteiger partial charge in [0.15, 0.2) is 11.6 Å². The molecule has 0 unspecified atom stereocenters. The van der Waals surface area contributed by atoms with Crippen molar-refractivity contribution in [3.05, 3.63) is 58.7 Å². The van der Waals surface area contributed by atoms with Crippen LogP contribution >= 0.6 is 0 Å². The van der Waals surface area contributed by atoms with Gasteiger partial charge >= 0.3 is 0 Å². The Hall–Kier alpha value is -2.48. The minimum Gasteiger partial charge on any atom is -0.298 e. The van der Waals surface area contributed by atoms with Crippen molar-refractivity contribution < 1.29 is 26.4 Å². The number of piperazine rings is 2. The molecule has 2 saturated heterocycles. The largest absolute Gasteiger partial charge is 0.298 e. The van der Waals surface area contributed by atoms with Crippen LogP contribution in [0.25, 0.3) is 0 Å². The molecule has 0 amide bonds. The SMILES string of the molecule is O=C1c2ccc(S(=O)(=O)N3CCN(C4CCCCC4)CC3)cc2C(=O)c2cc(S(=O)(=O)N3CCN(C4CCCCC4)CC3)ccc21. The summed E-state index contributed by atoms with van der Waals surface area (Å²) < 4.78 is 57.7. The van der Waals surface area contributed by atoms with Crippen LogP contribution in [0.3, 0.4) is 0 Å². The maximum absolute atomic E-state index is 13.8. The number of carbonyl (C=O) groups is 2. The highest BCUT2D eigenvalue weighted by Gasteiger charge is 2.37. The minimum atomic E-state index is -3.89. The smallest absolute Gasteiger partial charge is 0.243 e. The molecule has 7 rings (SSSR count). The van der Waals surface area contributed by atoms with Crippen LogP contribution in [0.15, 0.2) is 46.2 Å². The number of hydrogen-bond acceptors (Lipinski definition) is 8. The molecular formula is C34H44N4O6S2. The van der Waals surface area contributed by atoms with Crippen molar-refractivity contribution in [2.75, 3.05) is 52.4 Å². The number of nitrogens with zero attached hydrogens (tertiary/aromatic N) is 4. The third kappa shape index (κ3) is 5.90. The summed E-state index contributed by atoms with van der Waals surface area (Å²) >= 11 is 0. The van der Waals surface area contributed by atoms with E-state index in [-0.39, 0.29) is 32.0 Å². The molecular weight excluding hydrogens is 625 g/mol. The lowest BCUT2D eigenvalue weighted by atomic mass is 9.84. The minimum absolute atomic E-state index is 0.00457. The Kier molecular flexibility index (Phi) is 8.96. The summed E-state index contributed by atoms with van der Waals surface area (Å²) in [5.74, 6) is -0.956. The van der Waals surface area contributed by atoms with Gasteiger partial charge in [-0.05, 0) is 62.1 Å². The quantitative estimate of drug-likeness (QED) is 0.391. The van der Waals surface area contributed by atoms with E-state index < -0.39 is 31.6 Å². The molecule has 0 radical (unpaired) electrons. The van der Waals surface area contributed by atoms with E-state index in [2.05, 4.69) is 9.80 Å². The first-order valence-electron chi connectivity index (χ1n) is 17.0. The first kappa shape index (κ1) is 32.1. The number of sulfonamides is 2. The predicted octanol–water partition coefficient (Wildman–Crippen LogP) is 3.74. The number of rotatable bonds is 6. The molecule has 0 aromatic heterocycles. The zero-order valence-electron chi connectivity index (χ0n) is 26.4. The molecule has 0 bridgehead atoms. The summed E-state index contributed by atoms with van der Waals surface area (Å²) in [5.41, 5.74) is 0.256. The van der Waals surface area contributed by atoms with Crippen molar-refractivity contribution in [2.45, 2.75) is 86.1 Å². The van der Waals surface area contributed by atoms with Crippen molar-refractivity contribution in [3.8, 4) is 0 Å². The maximum atomic E-state index is 13.8. The highest BCUT2D eigenvalue weighted by molar-refractivity contribution is 7.89. The Balaban J connectivity index is 1.08. The van der Waals surface area contributed by atoms with Gasteiger partial charge in [-0.3, -0.25) is 19.4 Å². The molecule has 2 saturated carbocycles. The molecule has 0 spiro atoms. The van der Waals surface area contributed by atoms with Crippen molar-refractivity contribution in [1.82, 2.24) is 18.4 Å². The molecule has 2 aromatic rings. The first-order valence-corrected chi connectivity index (χ1v) is 19.9. The van der Waals surface area contributed by atoms with Crippen molar-refractivity contribution >= 4 is 31.6 Å². The van der Waals surface area contributed by atoms with Gasteiger partial charge in [-0.2, -0.15) is 8.61 Å². The number of carbonyl (C=O) groups excluding carboxylic acids is 2. The van der Waals surface area contributed by atoms with Gasteiger partial charge in [0.2, 0.25) is 20.0 Å². The Morgan fingerprint density at radius 3 is 1.17 bits per heavy atom. The van der Waals surface area contributed by atoms with Crippen LogP contribution in [0.4, 0.5) is 0 Å². The third-order valence-corrected chi connectivity index (χ3v) is 14.8. The van der Waals surface area contributed by atoms with Crippen molar-refractivity contribution in [3.63, 3.8) is 0 Å². The van der Waals surface area contributed by atoms with E-state index in [0.717, 1.165) is 25.7 Å². The van der Waals surface area contributed by atoms with Crippen LogP contribution in [0.5, 0.6) is 0 Å². The molecule has 5 aliphatic rings. The molecule has 12 heteroatoms. The number of fused-ring (bicyclic) bond motifs is 2. The lowest BCUT2D eigenvalue weighted by molar-refractivity contribution is 0.0978. The Labute approximate surface area is 272 Å². The van der Waals surface area contributed by atoms with E-state index in [1.54, 1.807) is 0 Å². The van der Waals surface area contributed by atoms with E-state index >= 15 is 0 Å². The highest BCUT2D eigenvalue weighted by Crippen LogP contribution is 2.33. The van der Waals surface area contributed by atoms with Gasteiger partial charge in [0.1, 0.15) is 0 Å². The van der Waals surface area contributed by atoms with Gasteiger partial charge < -0.3 is 0 Å². The maximum Gasteiger partial charge on any atom is 0.243 e. The van der Waals surface area contributed by atoms with Gasteiger partial charge in [-0.15, -0.1) is 0 Å². The van der Waals surface area contributed by atoms with Crippen LogP contribution in [0.1, 0.15) is 96.1 Å². The molecule has 0 N–H and O–H groups in total. The number of benzene rings is 2. The summed E-state index contributed by atoms with van der Waals surface area (Å²) in [4.78, 5) is 32.0. The van der Waals surface area contributed by atoms with Gasteiger partial charge in [0.05, 0.1) is 9.79 Å². The van der Waals surface area contributed by atoms with Crippen LogP contribution < -0.4 is 0 Å². The normalized spacial score (nSPS) is 23.7. The van der Waals surface area contributed by atoms with Gasteiger partial charge in [-0.1, -0.05) is 38.5 Å². The standard InChI is InChI=1S/C34H44N4O6S2/c39-33-29-13-11-27(45(41,42)37-19-15-35(16-20-37)25-7-3-1-4-8-25)23-31(29)34(40)32-24-28(12-14-30(32)33)46(43,44)38-21-17-36(18-22-38)26-9-5-2-6-10-26/h11-14,23-26H,1-10,15-22H2. The van der Waals surface area contributed by atoms with Crippen LogP contribution in [0.2, 0.25) is 0 Å². The second kappa shape index (κ2) is 12.9. The lowest BCUT2D eigenvalue weighted by Crippen LogP contribution is -2.52. The molecule has 4 fully saturated rings. The van der Waals surface area contributed by atoms with Crippen molar-refractivity contribution in [1.29, 1.82) is 0 Å². The molecule has 3 aliphatic carbocycles. The first-order chi connectivity index (χ1) is 22.1. The molecule has 2 aromatic carbocycles. The molecule has 46 heavy (non-hydrogen) atoms. The highest BCUT2D eigenvalue weighted by atomic mass is 32.2. The average molecular weight is 669 g/mol. The van der Waals surface area contributed by atoms with Gasteiger partial charge in [0, 0.05) is 86.7 Å². The summed E-state index contributed by atoms with van der Waals surface area (Å²) in [5, 5.41) is 0. The summed E-state index contributed by atoms with van der Waals surface area (Å²) in [6, 6.07) is 9.28. The fraction of sp³-hybridized carbons (Fsp3) is 0.588. The molecule has 0 atom stereocenters. The molecule has 2 aliphatic heterocycles. The zero-order valence-corrected chi connectivity index (χ0v) is 28.0. The van der Waals surface area contributed by atoms with E-state index in [1.807, 2.05) is 0 Å². The average Bonchev–Trinajstić information content (AvgIpc) is 3.11. The van der Waals surface area contributed by atoms with Crippen LogP contribution in [-0.2, 0) is 20.0 Å². The lowest BCUT2D eigenvalue weighted by Gasteiger charge is -2.40. The van der Waals surface area contributed by atoms with Crippen molar-refractivity contribution in [2.24, 2.45) is 0 Å². The fourth-order valence-electron chi connectivity index (χ4n) is 8.24. The van der Waals surface area contributed by atoms with Gasteiger partial charge in [-0.25, -0.2) is 16.8 Å². The summed E-state index contributed by atoms with van der Waals surface area (Å²) in [7, 11) is -7.78. The molecule has 2 heterocycles. The summed E-state index contributed by atoms with van der Waals surface area (Å²) in [6.45, 7) is 4.20. The molecule has 248 valence electrons. The summed E-state index contributed by atoms with van der Waals surface area (Å²) in [6.07, 6.45) is 12.1. The van der Waals surface area contributed by atoms with Crippen LogP contribution in [0, 0.1) is 0 Å². The van der Waals surface area contributed by atoms with E-state index in [1.165, 1.54) is 83.5 Å². The second-order valence-electron chi connectivity index (χ2n) is 13.5. The monoisotopic (exact) mass is 668 g/mol.